The molecule has 7 nitrogen and oxygen atoms in total. The van der Waals surface area contributed by atoms with Crippen LogP contribution in [0.4, 0.5) is 8.78 Å². The van der Waals surface area contributed by atoms with Gasteiger partial charge in [-0.25, -0.2) is 13.8 Å². The number of benzene rings is 2. The minimum atomic E-state index is -0.332. The van der Waals surface area contributed by atoms with Gasteiger partial charge in [-0.2, -0.15) is 0 Å². The van der Waals surface area contributed by atoms with E-state index in [4.69, 9.17) is 4.74 Å². The standard InChI is InChI=1S/C26H26F2N4O3/c27-20-6-4-18(5-7-20)23-14-32-16-30-24(22(32)15-35-23)26(34)31-10-8-19(9-11-31)25(33)29-13-17-2-1-3-21(28)12-17/h1-7,12,16,19,23H,8-11,13-15H2,(H,29,33)/t23-/m0/s1. The highest BCUT2D eigenvalue weighted by molar-refractivity contribution is 5.93. The molecule has 2 amide bonds. The van der Waals surface area contributed by atoms with Gasteiger partial charge in [-0.05, 0) is 48.2 Å². The third-order valence-corrected chi connectivity index (χ3v) is 6.68. The quantitative estimate of drug-likeness (QED) is 0.606. The molecule has 0 bridgehead atoms. The lowest BCUT2D eigenvalue weighted by molar-refractivity contribution is -0.126. The fourth-order valence-electron chi connectivity index (χ4n) is 4.66. The summed E-state index contributed by atoms with van der Waals surface area (Å²) >= 11 is 0. The highest BCUT2D eigenvalue weighted by atomic mass is 19.1. The van der Waals surface area contributed by atoms with Gasteiger partial charge >= 0.3 is 0 Å². The number of hydrogen-bond donors (Lipinski definition) is 1. The van der Waals surface area contributed by atoms with Crippen LogP contribution < -0.4 is 5.32 Å². The molecule has 35 heavy (non-hydrogen) atoms. The van der Waals surface area contributed by atoms with E-state index in [-0.39, 0.29) is 48.6 Å². The zero-order valence-electron chi connectivity index (χ0n) is 19.1. The Morgan fingerprint density at radius 3 is 2.57 bits per heavy atom. The maximum Gasteiger partial charge on any atom is 0.274 e. The van der Waals surface area contributed by atoms with Crippen LogP contribution in [-0.2, 0) is 29.2 Å². The van der Waals surface area contributed by atoms with Crippen molar-refractivity contribution >= 4 is 11.8 Å². The molecule has 182 valence electrons. The minimum Gasteiger partial charge on any atom is -0.365 e. The predicted octanol–water partition coefficient (Wildman–Crippen LogP) is 3.60. The molecule has 1 N–H and O–H groups in total. The fraction of sp³-hybridized carbons (Fsp3) is 0.346. The molecule has 0 saturated carbocycles. The van der Waals surface area contributed by atoms with Crippen LogP contribution in [0.5, 0.6) is 0 Å². The van der Waals surface area contributed by atoms with Crippen LogP contribution in [0.3, 0.4) is 0 Å². The smallest absolute Gasteiger partial charge is 0.274 e. The van der Waals surface area contributed by atoms with E-state index in [2.05, 4.69) is 10.3 Å². The molecule has 3 aromatic rings. The molecule has 1 saturated heterocycles. The summed E-state index contributed by atoms with van der Waals surface area (Å²) in [4.78, 5) is 31.8. The van der Waals surface area contributed by atoms with Gasteiger partial charge in [0.2, 0.25) is 5.91 Å². The number of fused-ring (bicyclic) bond motifs is 1. The van der Waals surface area contributed by atoms with Crippen molar-refractivity contribution in [2.24, 2.45) is 5.92 Å². The van der Waals surface area contributed by atoms with Gasteiger partial charge in [-0.1, -0.05) is 24.3 Å². The Hall–Kier alpha value is -3.59. The lowest BCUT2D eigenvalue weighted by atomic mass is 9.95. The summed E-state index contributed by atoms with van der Waals surface area (Å²) in [5.74, 6) is -1.07. The summed E-state index contributed by atoms with van der Waals surface area (Å²) in [6.07, 6.45) is 2.52. The lowest BCUT2D eigenvalue weighted by Crippen LogP contribution is -2.43. The van der Waals surface area contributed by atoms with E-state index < -0.39 is 0 Å². The van der Waals surface area contributed by atoms with Crippen LogP contribution in [0.15, 0.2) is 54.9 Å². The number of rotatable bonds is 5. The molecular formula is C26H26F2N4O3. The van der Waals surface area contributed by atoms with E-state index in [1.165, 1.54) is 24.3 Å². The maximum atomic E-state index is 13.3. The van der Waals surface area contributed by atoms with Gasteiger partial charge in [-0.3, -0.25) is 9.59 Å². The van der Waals surface area contributed by atoms with Crippen LogP contribution in [0.2, 0.25) is 0 Å². The van der Waals surface area contributed by atoms with E-state index in [1.807, 2.05) is 4.57 Å². The van der Waals surface area contributed by atoms with E-state index in [0.29, 0.717) is 43.7 Å². The molecule has 5 rings (SSSR count). The van der Waals surface area contributed by atoms with Gasteiger partial charge in [0.25, 0.3) is 5.91 Å². The van der Waals surface area contributed by atoms with Crippen molar-refractivity contribution < 1.29 is 23.1 Å². The minimum absolute atomic E-state index is 0.0824. The Morgan fingerprint density at radius 1 is 1.06 bits per heavy atom. The topological polar surface area (TPSA) is 76.5 Å². The van der Waals surface area contributed by atoms with E-state index in [9.17, 15) is 18.4 Å². The molecule has 0 radical (unpaired) electrons. The zero-order chi connectivity index (χ0) is 24.4. The largest absolute Gasteiger partial charge is 0.365 e. The van der Waals surface area contributed by atoms with Crippen molar-refractivity contribution in [2.75, 3.05) is 13.1 Å². The number of nitrogens with zero attached hydrogens (tertiary/aromatic N) is 3. The number of piperidine rings is 1. The van der Waals surface area contributed by atoms with Gasteiger partial charge in [0, 0.05) is 25.6 Å². The second-order valence-corrected chi connectivity index (χ2v) is 8.96. The lowest BCUT2D eigenvalue weighted by Gasteiger charge is -2.31. The van der Waals surface area contributed by atoms with E-state index in [0.717, 1.165) is 11.3 Å². The Morgan fingerprint density at radius 2 is 1.83 bits per heavy atom. The number of imidazole rings is 1. The fourth-order valence-corrected chi connectivity index (χ4v) is 4.66. The van der Waals surface area contributed by atoms with Gasteiger partial charge < -0.3 is 19.5 Å². The number of halogens is 2. The summed E-state index contributed by atoms with van der Waals surface area (Å²) in [5, 5.41) is 2.87. The third kappa shape index (κ3) is 5.09. The van der Waals surface area contributed by atoms with Gasteiger partial charge in [-0.15, -0.1) is 0 Å². The Bertz CT molecular complexity index is 1220. The van der Waals surface area contributed by atoms with Gasteiger partial charge in [0.05, 0.1) is 25.2 Å². The summed E-state index contributed by atoms with van der Waals surface area (Å²) < 4.78 is 34.4. The number of amides is 2. The molecular weight excluding hydrogens is 454 g/mol. The molecule has 0 aliphatic carbocycles. The van der Waals surface area contributed by atoms with Crippen molar-refractivity contribution in [3.63, 3.8) is 0 Å². The first-order valence-electron chi connectivity index (χ1n) is 11.7. The first-order valence-corrected chi connectivity index (χ1v) is 11.7. The molecule has 3 heterocycles. The van der Waals surface area contributed by atoms with Crippen molar-refractivity contribution in [3.05, 3.63) is 89.0 Å². The molecule has 9 heteroatoms. The molecule has 1 fully saturated rings. The van der Waals surface area contributed by atoms with Crippen molar-refractivity contribution in [1.82, 2.24) is 19.8 Å². The normalized spacial score (nSPS) is 18.2. The van der Waals surface area contributed by atoms with Gasteiger partial charge in [0.15, 0.2) is 5.69 Å². The summed E-state index contributed by atoms with van der Waals surface area (Å²) in [7, 11) is 0. The van der Waals surface area contributed by atoms with Crippen molar-refractivity contribution in [3.8, 4) is 0 Å². The molecule has 2 aromatic carbocycles. The first-order chi connectivity index (χ1) is 17.0. The average Bonchev–Trinajstić information content (AvgIpc) is 3.31. The molecule has 1 atom stereocenters. The third-order valence-electron chi connectivity index (χ3n) is 6.68. The SMILES string of the molecule is O=C(NCc1cccc(F)c1)C1CCN(C(=O)c2ncn3c2CO[C@H](c2ccc(F)cc2)C3)CC1. The van der Waals surface area contributed by atoms with E-state index in [1.54, 1.807) is 35.5 Å². The number of ether oxygens (including phenoxy) is 1. The highest BCUT2D eigenvalue weighted by Gasteiger charge is 2.32. The molecule has 0 spiro atoms. The number of carbonyl (C=O) groups is 2. The molecule has 2 aliphatic rings. The van der Waals surface area contributed by atoms with Gasteiger partial charge in [0.1, 0.15) is 17.7 Å². The number of nitrogens with one attached hydrogen (secondary N) is 1. The molecule has 1 aromatic heterocycles. The maximum absolute atomic E-state index is 13.3. The van der Waals surface area contributed by atoms with Crippen LogP contribution >= 0.6 is 0 Å². The highest BCUT2D eigenvalue weighted by Crippen LogP contribution is 2.29. The Balaban J connectivity index is 1.15. The zero-order valence-corrected chi connectivity index (χ0v) is 19.1. The van der Waals surface area contributed by atoms with Crippen LogP contribution in [0.25, 0.3) is 0 Å². The van der Waals surface area contributed by atoms with Crippen LogP contribution in [0.1, 0.15) is 46.3 Å². The van der Waals surface area contributed by atoms with Crippen molar-refractivity contribution in [2.45, 2.75) is 38.6 Å². The summed E-state index contributed by atoms with van der Waals surface area (Å²) in [5.41, 5.74) is 2.68. The second kappa shape index (κ2) is 9.95. The number of aromatic nitrogens is 2. The van der Waals surface area contributed by atoms with E-state index >= 15 is 0 Å². The average molecular weight is 481 g/mol. The number of carbonyl (C=O) groups excluding carboxylic acids is 2. The van der Waals surface area contributed by atoms with Crippen LogP contribution in [0, 0.1) is 17.6 Å². The Labute approximate surface area is 201 Å². The summed E-state index contributed by atoms with van der Waals surface area (Å²) in [6.45, 7) is 1.93. The predicted molar refractivity (Wildman–Crippen MR) is 123 cm³/mol. The Kier molecular flexibility index (Phi) is 6.59. The summed E-state index contributed by atoms with van der Waals surface area (Å²) in [6, 6.07) is 12.4. The monoisotopic (exact) mass is 480 g/mol. The number of likely N-dealkylation sites (tertiary alicyclic amines) is 1. The van der Waals surface area contributed by atoms with Crippen molar-refractivity contribution in [1.29, 1.82) is 0 Å². The molecule has 2 aliphatic heterocycles. The van der Waals surface area contributed by atoms with Crippen LogP contribution in [-0.4, -0.2) is 39.4 Å². The number of hydrogen-bond acceptors (Lipinski definition) is 4. The second-order valence-electron chi connectivity index (χ2n) is 8.96. The first kappa shape index (κ1) is 23.2. The molecule has 0 unspecified atom stereocenters.